The Hall–Kier alpha value is -3.05. The molecule has 3 aromatic carbocycles. The molecule has 0 aliphatic carbocycles. The van der Waals surface area contributed by atoms with Crippen molar-refractivity contribution in [3.05, 3.63) is 89.5 Å². The van der Waals surface area contributed by atoms with E-state index in [4.69, 9.17) is 0 Å². The number of thioether (sulfide) groups is 1. The SMILES string of the molecule is Cc1ccc(C)c(NC(=O)CN2C(=O)C[C@@H](c3ccccc3)Sc3ccccc32)c1. The van der Waals surface area contributed by atoms with Gasteiger partial charge >= 0.3 is 0 Å². The van der Waals surface area contributed by atoms with Crippen LogP contribution in [0.25, 0.3) is 0 Å². The molecule has 0 aromatic heterocycles. The topological polar surface area (TPSA) is 49.4 Å². The zero-order chi connectivity index (χ0) is 21.1. The third kappa shape index (κ3) is 4.41. The molecule has 1 heterocycles. The summed E-state index contributed by atoms with van der Waals surface area (Å²) in [5, 5.41) is 2.99. The average molecular weight is 417 g/mol. The molecule has 4 nitrogen and oxygen atoms in total. The third-order valence-corrected chi connectivity index (χ3v) is 6.55. The second-order valence-electron chi connectivity index (χ2n) is 7.54. The lowest BCUT2D eigenvalue weighted by Crippen LogP contribution is -2.38. The van der Waals surface area contributed by atoms with E-state index in [1.54, 1.807) is 16.7 Å². The van der Waals surface area contributed by atoms with Gasteiger partial charge in [0.2, 0.25) is 11.8 Å². The molecule has 0 radical (unpaired) electrons. The Morgan fingerprint density at radius 1 is 1.03 bits per heavy atom. The van der Waals surface area contributed by atoms with Crippen LogP contribution in [0, 0.1) is 13.8 Å². The minimum Gasteiger partial charge on any atom is -0.324 e. The molecule has 5 heteroatoms. The second-order valence-corrected chi connectivity index (χ2v) is 8.78. The number of carbonyl (C=O) groups excluding carboxylic acids is 2. The maximum Gasteiger partial charge on any atom is 0.244 e. The fourth-order valence-corrected chi connectivity index (χ4v) is 4.89. The van der Waals surface area contributed by atoms with Gasteiger partial charge in [-0.25, -0.2) is 0 Å². The largest absolute Gasteiger partial charge is 0.324 e. The van der Waals surface area contributed by atoms with Crippen LogP contribution in [0.4, 0.5) is 11.4 Å². The van der Waals surface area contributed by atoms with Crippen molar-refractivity contribution in [1.82, 2.24) is 0 Å². The average Bonchev–Trinajstić information content (AvgIpc) is 2.88. The van der Waals surface area contributed by atoms with Crippen LogP contribution in [0.5, 0.6) is 0 Å². The molecule has 1 atom stereocenters. The first-order valence-corrected chi connectivity index (χ1v) is 10.9. The summed E-state index contributed by atoms with van der Waals surface area (Å²) >= 11 is 1.68. The van der Waals surface area contributed by atoms with Gasteiger partial charge in [-0.1, -0.05) is 54.6 Å². The van der Waals surface area contributed by atoms with Gasteiger partial charge in [-0.05, 0) is 48.7 Å². The lowest BCUT2D eigenvalue weighted by Gasteiger charge is -2.22. The van der Waals surface area contributed by atoms with E-state index in [9.17, 15) is 9.59 Å². The van der Waals surface area contributed by atoms with Crippen LogP contribution in [-0.4, -0.2) is 18.4 Å². The fraction of sp³-hybridized carbons (Fsp3) is 0.200. The number of fused-ring (bicyclic) bond motifs is 1. The van der Waals surface area contributed by atoms with E-state index in [1.807, 2.05) is 74.5 Å². The maximum absolute atomic E-state index is 13.2. The van der Waals surface area contributed by atoms with Crippen LogP contribution in [0.3, 0.4) is 0 Å². The fourth-order valence-electron chi connectivity index (χ4n) is 3.61. The van der Waals surface area contributed by atoms with Crippen LogP contribution in [0.15, 0.2) is 77.7 Å². The van der Waals surface area contributed by atoms with Gasteiger partial charge in [-0.3, -0.25) is 9.59 Å². The predicted molar refractivity (Wildman–Crippen MR) is 123 cm³/mol. The van der Waals surface area contributed by atoms with Crippen molar-refractivity contribution in [3.63, 3.8) is 0 Å². The van der Waals surface area contributed by atoms with Crippen molar-refractivity contribution in [3.8, 4) is 0 Å². The number of anilines is 2. The predicted octanol–water partition coefficient (Wildman–Crippen LogP) is 5.51. The number of nitrogens with zero attached hydrogens (tertiary/aromatic N) is 1. The van der Waals surface area contributed by atoms with Gasteiger partial charge in [0.05, 0.1) is 5.69 Å². The van der Waals surface area contributed by atoms with Gasteiger partial charge in [0.15, 0.2) is 0 Å². The molecule has 4 rings (SSSR count). The Balaban J connectivity index is 1.59. The smallest absolute Gasteiger partial charge is 0.244 e. The highest BCUT2D eigenvalue weighted by atomic mass is 32.2. The molecule has 0 saturated carbocycles. The summed E-state index contributed by atoms with van der Waals surface area (Å²) in [4.78, 5) is 28.7. The number of rotatable bonds is 4. The highest BCUT2D eigenvalue weighted by molar-refractivity contribution is 7.99. The Morgan fingerprint density at radius 3 is 2.57 bits per heavy atom. The van der Waals surface area contributed by atoms with Gasteiger partial charge in [0.1, 0.15) is 6.54 Å². The van der Waals surface area contributed by atoms with Crippen molar-refractivity contribution in [2.75, 3.05) is 16.8 Å². The first kappa shape index (κ1) is 20.2. The number of nitrogens with one attached hydrogen (secondary N) is 1. The number of hydrogen-bond donors (Lipinski definition) is 1. The first-order valence-electron chi connectivity index (χ1n) is 9.99. The number of carbonyl (C=O) groups is 2. The van der Waals surface area contributed by atoms with Gasteiger partial charge in [0.25, 0.3) is 0 Å². The Kier molecular flexibility index (Phi) is 5.91. The first-order chi connectivity index (χ1) is 14.5. The molecule has 30 heavy (non-hydrogen) atoms. The van der Waals surface area contributed by atoms with Crippen molar-refractivity contribution >= 4 is 35.0 Å². The van der Waals surface area contributed by atoms with Crippen molar-refractivity contribution in [2.45, 2.75) is 30.4 Å². The summed E-state index contributed by atoms with van der Waals surface area (Å²) < 4.78 is 0. The lowest BCUT2D eigenvalue weighted by molar-refractivity contribution is -0.121. The summed E-state index contributed by atoms with van der Waals surface area (Å²) in [5.74, 6) is -0.243. The summed E-state index contributed by atoms with van der Waals surface area (Å²) in [7, 11) is 0. The molecule has 3 aromatic rings. The molecule has 2 amide bonds. The molecule has 0 saturated heterocycles. The minimum absolute atomic E-state index is 0.00863. The number of aryl methyl sites for hydroxylation is 2. The molecule has 0 bridgehead atoms. The number of benzene rings is 3. The van der Waals surface area contributed by atoms with Crippen LogP contribution >= 0.6 is 11.8 Å². The molecule has 1 aliphatic rings. The molecule has 0 fully saturated rings. The Morgan fingerprint density at radius 2 is 1.77 bits per heavy atom. The summed E-state index contributed by atoms with van der Waals surface area (Å²) in [5.41, 5.74) is 4.77. The van der Waals surface area contributed by atoms with Crippen LogP contribution < -0.4 is 10.2 Å². The van der Waals surface area contributed by atoms with Gasteiger partial charge in [0, 0.05) is 22.3 Å². The van der Waals surface area contributed by atoms with Crippen LogP contribution in [0.2, 0.25) is 0 Å². The molecule has 1 N–H and O–H groups in total. The molecular formula is C25H24N2O2S. The van der Waals surface area contributed by atoms with E-state index in [1.165, 1.54) is 0 Å². The lowest BCUT2D eigenvalue weighted by atomic mass is 10.1. The molecule has 1 aliphatic heterocycles. The monoisotopic (exact) mass is 416 g/mol. The zero-order valence-corrected chi connectivity index (χ0v) is 17.9. The van der Waals surface area contributed by atoms with Crippen molar-refractivity contribution in [1.29, 1.82) is 0 Å². The summed E-state index contributed by atoms with van der Waals surface area (Å²) in [6.07, 6.45) is 0.347. The highest BCUT2D eigenvalue weighted by Gasteiger charge is 2.30. The number of hydrogen-bond acceptors (Lipinski definition) is 3. The second kappa shape index (κ2) is 8.76. The van der Waals surface area contributed by atoms with Crippen molar-refractivity contribution in [2.24, 2.45) is 0 Å². The highest BCUT2D eigenvalue weighted by Crippen LogP contribution is 2.45. The molecular weight excluding hydrogens is 392 g/mol. The van der Waals surface area contributed by atoms with Crippen LogP contribution in [-0.2, 0) is 9.59 Å². The van der Waals surface area contributed by atoms with E-state index in [0.29, 0.717) is 6.42 Å². The number of amides is 2. The summed E-state index contributed by atoms with van der Waals surface area (Å²) in [6.45, 7) is 3.94. The van der Waals surface area contributed by atoms with Crippen molar-refractivity contribution < 1.29 is 9.59 Å². The number of para-hydroxylation sites is 1. The van der Waals surface area contributed by atoms with Gasteiger partial charge in [-0.2, -0.15) is 0 Å². The van der Waals surface area contributed by atoms with E-state index < -0.39 is 0 Å². The van der Waals surface area contributed by atoms with E-state index in [0.717, 1.165) is 33.0 Å². The third-order valence-electron chi connectivity index (χ3n) is 5.23. The Labute approximate surface area is 181 Å². The van der Waals surface area contributed by atoms with E-state index >= 15 is 0 Å². The Bertz CT molecular complexity index is 1080. The maximum atomic E-state index is 13.2. The molecule has 0 unspecified atom stereocenters. The van der Waals surface area contributed by atoms with Gasteiger partial charge < -0.3 is 10.2 Å². The van der Waals surface area contributed by atoms with E-state index in [-0.39, 0.29) is 23.6 Å². The minimum atomic E-state index is -0.199. The zero-order valence-electron chi connectivity index (χ0n) is 17.1. The van der Waals surface area contributed by atoms with E-state index in [2.05, 4.69) is 17.4 Å². The van der Waals surface area contributed by atoms with Crippen LogP contribution in [0.1, 0.15) is 28.4 Å². The molecule has 152 valence electrons. The standard InChI is InChI=1S/C25H24N2O2S/c1-17-12-13-18(2)20(14-17)26-24(28)16-27-21-10-6-7-11-22(21)30-23(15-25(27)29)19-8-4-3-5-9-19/h3-14,23H,15-16H2,1-2H3,(H,26,28)/t23-/m0/s1. The molecule has 0 spiro atoms. The quantitative estimate of drug-likeness (QED) is 0.610. The normalized spacial score (nSPS) is 16.0. The van der Waals surface area contributed by atoms with Gasteiger partial charge in [-0.15, -0.1) is 11.8 Å². The summed E-state index contributed by atoms with van der Waals surface area (Å²) in [6, 6.07) is 23.8.